The number of halogens is 3. The average Bonchev–Trinajstić information content (AvgIpc) is 2.90. The van der Waals surface area contributed by atoms with Gasteiger partial charge in [0.25, 0.3) is 5.56 Å². The molecule has 7 nitrogen and oxygen atoms in total. The second-order valence-electron chi connectivity index (χ2n) is 12.3. The van der Waals surface area contributed by atoms with E-state index in [9.17, 15) is 28.3 Å². The van der Waals surface area contributed by atoms with Gasteiger partial charge in [-0.05, 0) is 97.2 Å². The summed E-state index contributed by atoms with van der Waals surface area (Å²) in [6.07, 6.45) is 1.05. The Bertz CT molecular complexity index is 1570. The van der Waals surface area contributed by atoms with Gasteiger partial charge in [0, 0.05) is 37.5 Å². The van der Waals surface area contributed by atoms with E-state index in [-0.39, 0.29) is 23.5 Å². The zero-order valence-corrected chi connectivity index (χ0v) is 25.8. The number of nitrogens with one attached hydrogen (secondary N) is 1. The standard InChI is InChI=1S/C34H40F3N3O4/c1-19(2)10-29(40-16-23(6-7-30(40)41)8-9-39-17-26(36)18-39)34(44)38-28(15-31(42)43)27-14-24(11-22(5)33(27)37)32-20(3)12-25(35)13-21(32)4/h6-7,11-14,16,19,26,28-29H,8-10,15,17-18H2,1-5H3,(H,38,44)(H,42,43)/t28-,29?/m0/s1. The molecule has 0 aliphatic carbocycles. The van der Waals surface area contributed by atoms with Crippen LogP contribution in [0.5, 0.6) is 0 Å². The third-order valence-corrected chi connectivity index (χ3v) is 8.10. The van der Waals surface area contributed by atoms with Crippen LogP contribution in [-0.2, 0) is 16.0 Å². The van der Waals surface area contributed by atoms with Crippen LogP contribution in [-0.4, -0.2) is 52.3 Å². The van der Waals surface area contributed by atoms with Crippen LogP contribution in [0.4, 0.5) is 13.2 Å². The monoisotopic (exact) mass is 611 g/mol. The third-order valence-electron chi connectivity index (χ3n) is 8.10. The number of pyridine rings is 1. The number of carboxylic acid groups (broad SMARTS) is 1. The van der Waals surface area contributed by atoms with Crippen molar-refractivity contribution in [2.75, 3.05) is 19.6 Å². The van der Waals surface area contributed by atoms with Gasteiger partial charge in [-0.1, -0.05) is 19.9 Å². The minimum Gasteiger partial charge on any atom is -0.481 e. The first-order valence-corrected chi connectivity index (χ1v) is 14.9. The Hall–Kier alpha value is -3.92. The lowest BCUT2D eigenvalue weighted by Gasteiger charge is -2.34. The molecule has 3 aromatic rings. The number of nitrogens with zero attached hydrogens (tertiary/aromatic N) is 2. The van der Waals surface area contributed by atoms with Crippen molar-refractivity contribution in [3.8, 4) is 11.1 Å². The topological polar surface area (TPSA) is 91.6 Å². The molecule has 1 aliphatic heterocycles. The molecule has 0 spiro atoms. The zero-order valence-electron chi connectivity index (χ0n) is 25.8. The minimum absolute atomic E-state index is 0.00598. The summed E-state index contributed by atoms with van der Waals surface area (Å²) in [7, 11) is 0. The van der Waals surface area contributed by atoms with Crippen LogP contribution >= 0.6 is 0 Å². The minimum atomic E-state index is -1.24. The molecule has 236 valence electrons. The van der Waals surface area contributed by atoms with E-state index in [2.05, 4.69) is 5.32 Å². The summed E-state index contributed by atoms with van der Waals surface area (Å²) < 4.78 is 44.3. The molecule has 1 unspecified atom stereocenters. The number of amides is 1. The smallest absolute Gasteiger partial charge is 0.305 e. The fourth-order valence-corrected chi connectivity index (χ4v) is 5.95. The van der Waals surface area contributed by atoms with Gasteiger partial charge in [-0.2, -0.15) is 0 Å². The summed E-state index contributed by atoms with van der Waals surface area (Å²) in [5.41, 5.74) is 3.16. The van der Waals surface area contributed by atoms with Crippen LogP contribution in [0.15, 0.2) is 47.4 Å². The first kappa shape index (κ1) is 33.0. The molecule has 0 radical (unpaired) electrons. The maximum Gasteiger partial charge on any atom is 0.305 e. The van der Waals surface area contributed by atoms with Gasteiger partial charge in [-0.3, -0.25) is 19.3 Å². The number of aryl methyl sites for hydroxylation is 3. The van der Waals surface area contributed by atoms with Crippen molar-refractivity contribution in [3.63, 3.8) is 0 Å². The molecule has 0 bridgehead atoms. The summed E-state index contributed by atoms with van der Waals surface area (Å²) in [4.78, 5) is 40.8. The first-order valence-electron chi connectivity index (χ1n) is 14.9. The molecule has 10 heteroatoms. The molecule has 4 rings (SSSR count). The van der Waals surface area contributed by atoms with Gasteiger partial charge in [0.1, 0.15) is 23.8 Å². The van der Waals surface area contributed by atoms with Crippen molar-refractivity contribution in [3.05, 3.63) is 92.4 Å². The number of hydrogen-bond donors (Lipinski definition) is 2. The van der Waals surface area contributed by atoms with Crippen LogP contribution in [0.1, 0.15) is 66.6 Å². The second kappa shape index (κ2) is 13.8. The molecule has 1 fully saturated rings. The van der Waals surface area contributed by atoms with Gasteiger partial charge < -0.3 is 15.0 Å². The molecular weight excluding hydrogens is 571 g/mol. The molecule has 44 heavy (non-hydrogen) atoms. The van der Waals surface area contributed by atoms with Crippen LogP contribution in [0, 0.1) is 38.3 Å². The highest BCUT2D eigenvalue weighted by Gasteiger charge is 2.30. The average molecular weight is 612 g/mol. The Morgan fingerprint density at radius 3 is 2.27 bits per heavy atom. The summed E-state index contributed by atoms with van der Waals surface area (Å²) in [6.45, 7) is 10.2. The molecule has 2 atom stereocenters. The van der Waals surface area contributed by atoms with Crippen LogP contribution < -0.4 is 10.9 Å². The van der Waals surface area contributed by atoms with Crippen molar-refractivity contribution < 1.29 is 27.9 Å². The van der Waals surface area contributed by atoms with E-state index in [1.54, 1.807) is 39.1 Å². The Morgan fingerprint density at radius 2 is 1.68 bits per heavy atom. The maximum absolute atomic E-state index is 15.7. The Kier molecular flexibility index (Phi) is 10.3. The van der Waals surface area contributed by atoms with Crippen molar-refractivity contribution >= 4 is 11.9 Å². The van der Waals surface area contributed by atoms with Crippen molar-refractivity contribution in [2.24, 2.45) is 5.92 Å². The number of rotatable bonds is 12. The number of carbonyl (C=O) groups is 2. The number of likely N-dealkylation sites (tertiary alicyclic amines) is 1. The lowest BCUT2D eigenvalue weighted by molar-refractivity contribution is -0.138. The SMILES string of the molecule is Cc1cc(-c2c(C)cc(F)cc2C)cc([C@H](CC(=O)O)NC(=O)C(CC(C)C)n2cc(CCN3CC(F)C3)ccc2=O)c1F. The van der Waals surface area contributed by atoms with E-state index < -0.39 is 53.7 Å². The summed E-state index contributed by atoms with van der Waals surface area (Å²) in [6, 6.07) is 6.73. The predicted octanol–water partition coefficient (Wildman–Crippen LogP) is 5.83. The van der Waals surface area contributed by atoms with Gasteiger partial charge in [-0.15, -0.1) is 0 Å². The van der Waals surface area contributed by atoms with Crippen molar-refractivity contribution in [2.45, 2.75) is 72.1 Å². The van der Waals surface area contributed by atoms with E-state index in [4.69, 9.17) is 0 Å². The van der Waals surface area contributed by atoms with Crippen LogP contribution in [0.25, 0.3) is 11.1 Å². The number of hydrogen-bond acceptors (Lipinski definition) is 4. The molecule has 2 aromatic carbocycles. The molecule has 2 N–H and O–H groups in total. The first-order chi connectivity index (χ1) is 20.7. The number of carboxylic acids is 1. The van der Waals surface area contributed by atoms with Gasteiger partial charge >= 0.3 is 5.97 Å². The van der Waals surface area contributed by atoms with Gasteiger partial charge in [0.15, 0.2) is 0 Å². The van der Waals surface area contributed by atoms with Gasteiger partial charge in [-0.25, -0.2) is 13.2 Å². The highest BCUT2D eigenvalue weighted by atomic mass is 19.1. The lowest BCUT2D eigenvalue weighted by Crippen LogP contribution is -2.49. The molecule has 1 amide bonds. The highest BCUT2D eigenvalue weighted by Crippen LogP contribution is 2.34. The molecular formula is C34H40F3N3O4. The number of benzene rings is 2. The fraction of sp³-hybridized carbons (Fsp3) is 0.441. The van der Waals surface area contributed by atoms with Crippen molar-refractivity contribution in [1.29, 1.82) is 0 Å². The quantitative estimate of drug-likeness (QED) is 0.269. The largest absolute Gasteiger partial charge is 0.481 e. The van der Waals surface area contributed by atoms with E-state index >= 15 is 4.39 Å². The predicted molar refractivity (Wildman–Crippen MR) is 163 cm³/mol. The number of aromatic nitrogens is 1. The molecule has 1 aliphatic rings. The second-order valence-corrected chi connectivity index (χ2v) is 12.3. The number of carbonyl (C=O) groups excluding carboxylic acids is 1. The molecule has 2 heterocycles. The third kappa shape index (κ3) is 7.77. The molecule has 1 saturated heterocycles. The summed E-state index contributed by atoms with van der Waals surface area (Å²) in [5, 5.41) is 12.5. The molecule has 0 saturated carbocycles. The number of alkyl halides is 1. The summed E-state index contributed by atoms with van der Waals surface area (Å²) in [5.74, 6) is -2.91. The van der Waals surface area contributed by atoms with E-state index in [0.29, 0.717) is 48.3 Å². The maximum atomic E-state index is 15.7. The normalized spacial score (nSPS) is 15.2. The van der Waals surface area contributed by atoms with E-state index in [1.807, 2.05) is 18.7 Å². The van der Waals surface area contributed by atoms with E-state index in [0.717, 1.165) is 5.56 Å². The lowest BCUT2D eigenvalue weighted by atomic mass is 9.90. The van der Waals surface area contributed by atoms with Crippen LogP contribution in [0.3, 0.4) is 0 Å². The van der Waals surface area contributed by atoms with E-state index in [1.165, 1.54) is 28.8 Å². The van der Waals surface area contributed by atoms with Gasteiger partial charge in [0.05, 0.1) is 12.5 Å². The van der Waals surface area contributed by atoms with Crippen LogP contribution in [0.2, 0.25) is 0 Å². The fourth-order valence-electron chi connectivity index (χ4n) is 5.95. The zero-order chi connectivity index (χ0) is 32.3. The highest BCUT2D eigenvalue weighted by molar-refractivity contribution is 5.82. The van der Waals surface area contributed by atoms with Crippen molar-refractivity contribution in [1.82, 2.24) is 14.8 Å². The Balaban J connectivity index is 1.69. The Morgan fingerprint density at radius 1 is 1.02 bits per heavy atom. The molecule has 1 aromatic heterocycles. The summed E-state index contributed by atoms with van der Waals surface area (Å²) >= 11 is 0. The Labute approximate surface area is 255 Å². The number of aliphatic carboxylic acids is 1. The van der Waals surface area contributed by atoms with Gasteiger partial charge in [0.2, 0.25) is 5.91 Å².